The van der Waals surface area contributed by atoms with E-state index in [4.69, 9.17) is 14.2 Å². The largest absolute Gasteiger partial charge is 0.514 e. The van der Waals surface area contributed by atoms with E-state index in [2.05, 4.69) is 15.9 Å². The number of hydrogen-bond donors (Lipinski definition) is 0. The number of esters is 1. The molecule has 1 amide bonds. The van der Waals surface area contributed by atoms with Crippen molar-refractivity contribution in [3.8, 4) is 5.75 Å². The average molecular weight is 442 g/mol. The van der Waals surface area contributed by atoms with Crippen LogP contribution in [0.2, 0.25) is 0 Å². The summed E-state index contributed by atoms with van der Waals surface area (Å²) in [5.41, 5.74) is -0.833. The molecule has 0 saturated carbocycles. The van der Waals surface area contributed by atoms with E-state index in [0.717, 1.165) is 0 Å². The van der Waals surface area contributed by atoms with Gasteiger partial charge in [-0.2, -0.15) is 0 Å². The van der Waals surface area contributed by atoms with Gasteiger partial charge in [-0.25, -0.2) is 9.59 Å². The first-order valence-electron chi connectivity index (χ1n) is 8.44. The highest BCUT2D eigenvalue weighted by atomic mass is 79.9. The van der Waals surface area contributed by atoms with Crippen LogP contribution in [0.1, 0.15) is 67.8 Å². The second-order valence-electron chi connectivity index (χ2n) is 8.33. The van der Waals surface area contributed by atoms with Gasteiger partial charge < -0.3 is 19.1 Å². The lowest BCUT2D eigenvalue weighted by atomic mass is 10.0. The van der Waals surface area contributed by atoms with Crippen LogP contribution in [0, 0.1) is 0 Å². The molecule has 0 N–H and O–H groups in total. The summed E-state index contributed by atoms with van der Waals surface area (Å²) in [5.74, 6) is -1.18. The van der Waals surface area contributed by atoms with E-state index in [1.165, 1.54) is 4.90 Å². The van der Waals surface area contributed by atoms with E-state index in [0.29, 0.717) is 16.6 Å². The smallest absolute Gasteiger partial charge is 0.456 e. The number of fused-ring (bicyclic) bond motifs is 1. The fraction of sp³-hybridized carbons (Fsp3) is 0.526. The summed E-state index contributed by atoms with van der Waals surface area (Å²) in [5, 5.41) is 0. The molecule has 0 aliphatic carbocycles. The fourth-order valence-electron chi connectivity index (χ4n) is 2.55. The summed E-state index contributed by atoms with van der Waals surface area (Å²) >= 11 is 3.33. The van der Waals surface area contributed by atoms with Crippen molar-refractivity contribution in [2.45, 2.75) is 59.3 Å². The van der Waals surface area contributed by atoms with Crippen molar-refractivity contribution in [2.24, 2.45) is 0 Å². The average Bonchev–Trinajstić information content (AvgIpc) is 2.70. The van der Waals surface area contributed by atoms with Gasteiger partial charge in [0, 0.05) is 13.6 Å². The standard InChI is InChI=1S/C19H24BrNO6/c1-18(2,3)26-16(23)13-12-10(9-21(7)15(12)22)8-11(20)14(13)25-17(24)27-19(4,5)6/h8H,9H2,1-7H3. The summed E-state index contributed by atoms with van der Waals surface area (Å²) in [6.45, 7) is 10.6. The third kappa shape index (κ3) is 5.00. The maximum atomic E-state index is 12.9. The third-order valence-corrected chi connectivity index (χ3v) is 4.05. The van der Waals surface area contributed by atoms with Gasteiger partial charge in [0.15, 0.2) is 5.75 Å². The van der Waals surface area contributed by atoms with Gasteiger partial charge in [-0.3, -0.25) is 4.79 Å². The Bertz CT molecular complexity index is 804. The summed E-state index contributed by atoms with van der Waals surface area (Å²) in [7, 11) is 1.63. The first kappa shape index (κ1) is 21.2. The van der Waals surface area contributed by atoms with Gasteiger partial charge in [-0.1, -0.05) is 0 Å². The molecule has 0 aromatic heterocycles. The molecular weight excluding hydrogens is 418 g/mol. The zero-order valence-electron chi connectivity index (χ0n) is 16.6. The van der Waals surface area contributed by atoms with E-state index in [-0.39, 0.29) is 22.8 Å². The van der Waals surface area contributed by atoms with Gasteiger partial charge in [0.2, 0.25) is 0 Å². The molecule has 1 aliphatic heterocycles. The Kier molecular flexibility index (Phi) is 5.61. The Labute approximate surface area is 167 Å². The van der Waals surface area contributed by atoms with Crippen LogP contribution in [0.3, 0.4) is 0 Å². The number of nitrogens with zero attached hydrogens (tertiary/aromatic N) is 1. The van der Waals surface area contributed by atoms with Gasteiger partial charge in [-0.05, 0) is 69.1 Å². The van der Waals surface area contributed by atoms with Crippen molar-refractivity contribution in [3.05, 3.63) is 27.2 Å². The zero-order chi connectivity index (χ0) is 20.7. The monoisotopic (exact) mass is 441 g/mol. The molecule has 0 atom stereocenters. The van der Waals surface area contributed by atoms with Crippen LogP contribution < -0.4 is 4.74 Å². The molecule has 1 heterocycles. The van der Waals surface area contributed by atoms with Crippen LogP contribution in [0.4, 0.5) is 4.79 Å². The number of benzene rings is 1. The van der Waals surface area contributed by atoms with Crippen LogP contribution in [0.5, 0.6) is 5.75 Å². The number of hydrogen-bond acceptors (Lipinski definition) is 6. The second kappa shape index (κ2) is 7.14. The molecule has 0 radical (unpaired) electrons. The summed E-state index contributed by atoms with van der Waals surface area (Å²) in [6, 6.07) is 1.66. The highest BCUT2D eigenvalue weighted by Gasteiger charge is 2.37. The second-order valence-corrected chi connectivity index (χ2v) is 9.18. The van der Waals surface area contributed by atoms with Crippen LogP contribution in [-0.2, 0) is 16.0 Å². The zero-order valence-corrected chi connectivity index (χ0v) is 18.1. The first-order valence-corrected chi connectivity index (χ1v) is 9.24. The minimum absolute atomic E-state index is 0.0884. The lowest BCUT2D eigenvalue weighted by Crippen LogP contribution is -2.29. The normalized spacial score (nSPS) is 14.1. The van der Waals surface area contributed by atoms with Crippen molar-refractivity contribution in [3.63, 3.8) is 0 Å². The first-order chi connectivity index (χ1) is 12.2. The molecule has 1 aromatic carbocycles. The number of amides is 1. The summed E-state index contributed by atoms with van der Waals surface area (Å²) < 4.78 is 16.3. The summed E-state index contributed by atoms with van der Waals surface area (Å²) in [4.78, 5) is 39.1. The lowest BCUT2D eigenvalue weighted by molar-refractivity contribution is 0.00583. The molecule has 1 aromatic rings. The van der Waals surface area contributed by atoms with Crippen molar-refractivity contribution in [2.75, 3.05) is 7.05 Å². The fourth-order valence-corrected chi connectivity index (χ4v) is 3.10. The van der Waals surface area contributed by atoms with Gasteiger partial charge in [0.05, 0.1) is 10.0 Å². The minimum atomic E-state index is -0.980. The molecule has 0 bridgehead atoms. The molecule has 2 rings (SSSR count). The van der Waals surface area contributed by atoms with E-state index >= 15 is 0 Å². The number of rotatable bonds is 2. The maximum Gasteiger partial charge on any atom is 0.514 e. The SMILES string of the molecule is CN1Cc2cc(Br)c(OC(=O)OC(C)(C)C)c(C(=O)OC(C)(C)C)c2C1=O. The van der Waals surface area contributed by atoms with Gasteiger partial charge >= 0.3 is 12.1 Å². The topological polar surface area (TPSA) is 82.1 Å². The molecule has 7 nitrogen and oxygen atoms in total. The molecule has 8 heteroatoms. The van der Waals surface area contributed by atoms with Gasteiger partial charge in [-0.15, -0.1) is 0 Å². The van der Waals surface area contributed by atoms with Crippen LogP contribution in [-0.4, -0.2) is 41.2 Å². The Hall–Kier alpha value is -2.09. The number of carbonyl (C=O) groups excluding carboxylic acids is 3. The van der Waals surface area contributed by atoms with E-state index in [1.807, 2.05) is 0 Å². The number of halogens is 1. The van der Waals surface area contributed by atoms with Crippen molar-refractivity contribution < 1.29 is 28.6 Å². The van der Waals surface area contributed by atoms with Crippen molar-refractivity contribution in [1.82, 2.24) is 4.90 Å². The lowest BCUT2D eigenvalue weighted by Gasteiger charge is -2.23. The van der Waals surface area contributed by atoms with Gasteiger partial charge in [0.25, 0.3) is 5.91 Å². The number of ether oxygens (including phenoxy) is 3. The summed E-state index contributed by atoms with van der Waals surface area (Å²) in [6.07, 6.45) is -0.980. The van der Waals surface area contributed by atoms with E-state index < -0.39 is 23.3 Å². The molecule has 0 spiro atoms. The third-order valence-electron chi connectivity index (χ3n) is 3.46. The highest BCUT2D eigenvalue weighted by molar-refractivity contribution is 9.10. The highest BCUT2D eigenvalue weighted by Crippen LogP contribution is 2.39. The number of carbonyl (C=O) groups is 3. The molecule has 0 unspecified atom stereocenters. The minimum Gasteiger partial charge on any atom is -0.456 e. The van der Waals surface area contributed by atoms with E-state index in [1.54, 1.807) is 54.7 Å². The molecule has 148 valence electrons. The maximum absolute atomic E-state index is 12.9. The predicted molar refractivity (Wildman–Crippen MR) is 102 cm³/mol. The van der Waals surface area contributed by atoms with Crippen molar-refractivity contribution >= 4 is 34.0 Å². The molecule has 1 aliphatic rings. The van der Waals surface area contributed by atoms with E-state index in [9.17, 15) is 14.4 Å². The van der Waals surface area contributed by atoms with Crippen LogP contribution >= 0.6 is 15.9 Å². The molecule has 27 heavy (non-hydrogen) atoms. The Morgan fingerprint density at radius 3 is 2.15 bits per heavy atom. The van der Waals surface area contributed by atoms with Crippen LogP contribution in [0.25, 0.3) is 0 Å². The quantitative estimate of drug-likeness (QED) is 0.502. The predicted octanol–water partition coefficient (Wildman–Crippen LogP) is 4.30. The van der Waals surface area contributed by atoms with Crippen molar-refractivity contribution in [1.29, 1.82) is 0 Å². The van der Waals surface area contributed by atoms with Crippen LogP contribution in [0.15, 0.2) is 10.5 Å². The molecular formula is C19H24BrNO6. The Morgan fingerprint density at radius 1 is 1.07 bits per heavy atom. The Morgan fingerprint density at radius 2 is 1.63 bits per heavy atom. The molecule has 0 fully saturated rings. The van der Waals surface area contributed by atoms with Gasteiger partial charge in [0.1, 0.15) is 16.8 Å². The Balaban J connectivity index is 2.57. The molecule has 0 saturated heterocycles.